The van der Waals surface area contributed by atoms with Crippen LogP contribution in [0, 0.1) is 0 Å². The molecule has 0 spiro atoms. The van der Waals surface area contributed by atoms with Crippen molar-refractivity contribution < 1.29 is 9.53 Å². The summed E-state index contributed by atoms with van der Waals surface area (Å²) in [6, 6.07) is 17.9. The van der Waals surface area contributed by atoms with Gasteiger partial charge >= 0.3 is 0 Å². The van der Waals surface area contributed by atoms with Crippen molar-refractivity contribution in [3.63, 3.8) is 0 Å². The molecule has 1 aliphatic rings. The normalized spacial score (nSPS) is 15.7. The molecule has 0 bridgehead atoms. The summed E-state index contributed by atoms with van der Waals surface area (Å²) in [5.74, 6) is 1.41. The minimum Gasteiger partial charge on any atom is -0.497 e. The Morgan fingerprint density at radius 3 is 2.55 bits per heavy atom. The van der Waals surface area contributed by atoms with Crippen LogP contribution in [0.2, 0.25) is 0 Å². The molecule has 1 saturated heterocycles. The average Bonchev–Trinajstić information content (AvgIpc) is 3.26. The van der Waals surface area contributed by atoms with Crippen LogP contribution in [0.1, 0.15) is 23.7 Å². The molecular formula is C23H32IN5O2. The van der Waals surface area contributed by atoms with Crippen LogP contribution in [-0.2, 0) is 0 Å². The third kappa shape index (κ3) is 7.61. The maximum absolute atomic E-state index is 12.2. The van der Waals surface area contributed by atoms with Gasteiger partial charge in [-0.2, -0.15) is 0 Å². The highest BCUT2D eigenvalue weighted by molar-refractivity contribution is 14.0. The SMILES string of the molecule is CCNC(=NCCNC(=O)c1ccc(OC)cc1)NC1CCN(c2ccccc2)C1.I. The van der Waals surface area contributed by atoms with Gasteiger partial charge in [0.2, 0.25) is 0 Å². The van der Waals surface area contributed by atoms with E-state index in [2.05, 4.69) is 50.1 Å². The molecule has 1 fully saturated rings. The number of hydrogen-bond donors (Lipinski definition) is 3. The van der Waals surface area contributed by atoms with E-state index in [4.69, 9.17) is 4.74 Å². The molecule has 1 atom stereocenters. The van der Waals surface area contributed by atoms with Crippen LogP contribution in [0.3, 0.4) is 0 Å². The number of carbonyl (C=O) groups is 1. The summed E-state index contributed by atoms with van der Waals surface area (Å²) in [5.41, 5.74) is 1.86. The van der Waals surface area contributed by atoms with Gasteiger partial charge in [-0.05, 0) is 49.7 Å². The summed E-state index contributed by atoms with van der Waals surface area (Å²) in [7, 11) is 1.60. The summed E-state index contributed by atoms with van der Waals surface area (Å²) in [6.45, 7) is 5.79. The number of nitrogens with one attached hydrogen (secondary N) is 3. The molecular weight excluding hydrogens is 505 g/mol. The van der Waals surface area contributed by atoms with Crippen molar-refractivity contribution in [1.82, 2.24) is 16.0 Å². The van der Waals surface area contributed by atoms with E-state index in [-0.39, 0.29) is 29.9 Å². The van der Waals surface area contributed by atoms with Crippen molar-refractivity contribution in [3.05, 3.63) is 60.2 Å². The zero-order chi connectivity index (χ0) is 21.2. The number of anilines is 1. The van der Waals surface area contributed by atoms with E-state index in [1.165, 1.54) is 5.69 Å². The van der Waals surface area contributed by atoms with Crippen molar-refractivity contribution in [2.24, 2.45) is 4.99 Å². The molecule has 0 aromatic heterocycles. The molecule has 1 aliphatic heterocycles. The van der Waals surface area contributed by atoms with Crippen molar-refractivity contribution in [2.45, 2.75) is 19.4 Å². The lowest BCUT2D eigenvalue weighted by Crippen LogP contribution is -2.45. The summed E-state index contributed by atoms with van der Waals surface area (Å²) in [6.07, 6.45) is 1.06. The second-order valence-corrected chi connectivity index (χ2v) is 7.16. The van der Waals surface area contributed by atoms with E-state index in [1.807, 2.05) is 13.0 Å². The Bertz CT molecular complexity index is 830. The van der Waals surface area contributed by atoms with E-state index in [1.54, 1.807) is 31.4 Å². The van der Waals surface area contributed by atoms with E-state index in [0.717, 1.165) is 37.8 Å². The highest BCUT2D eigenvalue weighted by Gasteiger charge is 2.23. The number of ether oxygens (including phenoxy) is 1. The maximum Gasteiger partial charge on any atom is 0.251 e. The molecule has 2 aromatic rings. The van der Waals surface area contributed by atoms with Gasteiger partial charge in [0.25, 0.3) is 5.91 Å². The molecule has 1 amide bonds. The fourth-order valence-electron chi connectivity index (χ4n) is 3.45. The zero-order valence-electron chi connectivity index (χ0n) is 18.1. The lowest BCUT2D eigenvalue weighted by molar-refractivity contribution is 0.0954. The second-order valence-electron chi connectivity index (χ2n) is 7.16. The summed E-state index contributed by atoms with van der Waals surface area (Å²) in [5, 5.41) is 9.72. The third-order valence-corrected chi connectivity index (χ3v) is 5.01. The van der Waals surface area contributed by atoms with Gasteiger partial charge in [-0.1, -0.05) is 18.2 Å². The Morgan fingerprint density at radius 2 is 1.87 bits per heavy atom. The Labute approximate surface area is 201 Å². The molecule has 0 aliphatic carbocycles. The number of carbonyl (C=O) groups excluding carboxylic acids is 1. The summed E-state index contributed by atoms with van der Waals surface area (Å²) < 4.78 is 5.12. The lowest BCUT2D eigenvalue weighted by atomic mass is 10.2. The molecule has 3 rings (SSSR count). The van der Waals surface area contributed by atoms with Gasteiger partial charge in [0.05, 0.1) is 13.7 Å². The number of guanidine groups is 1. The first-order valence-electron chi connectivity index (χ1n) is 10.5. The topological polar surface area (TPSA) is 78.0 Å². The number of rotatable bonds is 8. The third-order valence-electron chi connectivity index (χ3n) is 5.01. The molecule has 168 valence electrons. The van der Waals surface area contributed by atoms with Crippen molar-refractivity contribution in [3.8, 4) is 5.75 Å². The monoisotopic (exact) mass is 537 g/mol. The molecule has 31 heavy (non-hydrogen) atoms. The van der Waals surface area contributed by atoms with Crippen LogP contribution in [0.4, 0.5) is 5.69 Å². The molecule has 2 aromatic carbocycles. The number of hydrogen-bond acceptors (Lipinski definition) is 4. The van der Waals surface area contributed by atoms with Gasteiger partial charge < -0.3 is 25.6 Å². The highest BCUT2D eigenvalue weighted by atomic mass is 127. The Morgan fingerprint density at radius 1 is 1.13 bits per heavy atom. The van der Waals surface area contributed by atoms with Gasteiger partial charge in [0.15, 0.2) is 5.96 Å². The quantitative estimate of drug-likeness (QED) is 0.209. The first kappa shape index (κ1) is 24.8. The van der Waals surface area contributed by atoms with Crippen LogP contribution in [-0.4, -0.2) is 57.7 Å². The van der Waals surface area contributed by atoms with Crippen LogP contribution in [0.25, 0.3) is 0 Å². The van der Waals surface area contributed by atoms with E-state index >= 15 is 0 Å². The summed E-state index contributed by atoms with van der Waals surface area (Å²) >= 11 is 0. The smallest absolute Gasteiger partial charge is 0.251 e. The number of nitrogens with zero attached hydrogens (tertiary/aromatic N) is 2. The number of halogens is 1. The van der Waals surface area contributed by atoms with Crippen molar-refractivity contribution in [2.75, 3.05) is 44.7 Å². The van der Waals surface area contributed by atoms with E-state index in [0.29, 0.717) is 24.7 Å². The van der Waals surface area contributed by atoms with Gasteiger partial charge in [0.1, 0.15) is 5.75 Å². The standard InChI is InChI=1S/C23H31N5O2.HI/c1-3-24-23(27-19-13-16-28(17-19)20-7-5-4-6-8-20)26-15-14-25-22(29)18-9-11-21(30-2)12-10-18;/h4-12,19H,3,13-17H2,1-2H3,(H,25,29)(H2,24,26,27);1H. The van der Waals surface area contributed by atoms with E-state index in [9.17, 15) is 4.79 Å². The average molecular weight is 537 g/mol. The van der Waals surface area contributed by atoms with Crippen LogP contribution in [0.5, 0.6) is 5.75 Å². The first-order chi connectivity index (χ1) is 14.7. The number of aliphatic imine (C=N–C) groups is 1. The lowest BCUT2D eigenvalue weighted by Gasteiger charge is -2.20. The Hall–Kier alpha value is -2.49. The number of benzene rings is 2. The fraction of sp³-hybridized carbons (Fsp3) is 0.391. The summed E-state index contributed by atoms with van der Waals surface area (Å²) in [4.78, 5) is 19.2. The predicted molar refractivity (Wildman–Crippen MR) is 137 cm³/mol. The molecule has 8 heteroatoms. The fourth-order valence-corrected chi connectivity index (χ4v) is 3.45. The number of para-hydroxylation sites is 1. The number of methoxy groups -OCH3 is 1. The van der Waals surface area contributed by atoms with Gasteiger partial charge in [-0.15, -0.1) is 24.0 Å². The van der Waals surface area contributed by atoms with Gasteiger partial charge in [-0.3, -0.25) is 9.79 Å². The van der Waals surface area contributed by atoms with Crippen molar-refractivity contribution in [1.29, 1.82) is 0 Å². The Balaban J connectivity index is 0.00000341. The predicted octanol–water partition coefficient (Wildman–Crippen LogP) is 2.88. The molecule has 3 N–H and O–H groups in total. The van der Waals surface area contributed by atoms with Crippen LogP contribution < -0.4 is 25.6 Å². The van der Waals surface area contributed by atoms with E-state index < -0.39 is 0 Å². The molecule has 1 heterocycles. The van der Waals surface area contributed by atoms with Gasteiger partial charge in [0, 0.05) is 43.5 Å². The number of amides is 1. The first-order valence-corrected chi connectivity index (χ1v) is 10.5. The zero-order valence-corrected chi connectivity index (χ0v) is 20.5. The minimum absolute atomic E-state index is 0. The minimum atomic E-state index is -0.111. The van der Waals surface area contributed by atoms with Crippen molar-refractivity contribution >= 4 is 41.5 Å². The molecule has 0 saturated carbocycles. The molecule has 0 radical (unpaired) electrons. The Kier molecular flexibility index (Phi) is 10.4. The van der Waals surface area contributed by atoms with Gasteiger partial charge in [-0.25, -0.2) is 0 Å². The molecule has 7 nitrogen and oxygen atoms in total. The van der Waals surface area contributed by atoms with Crippen LogP contribution >= 0.6 is 24.0 Å². The highest BCUT2D eigenvalue weighted by Crippen LogP contribution is 2.19. The van der Waals surface area contributed by atoms with Crippen LogP contribution in [0.15, 0.2) is 59.6 Å². The largest absolute Gasteiger partial charge is 0.497 e. The maximum atomic E-state index is 12.2. The molecule has 1 unspecified atom stereocenters. The second kappa shape index (κ2) is 13.0.